The maximum atomic E-state index is 14.0. The molecule has 0 saturated carbocycles. The lowest BCUT2D eigenvalue weighted by Gasteiger charge is -2.55. The number of carbonyl (C=O) groups excluding carboxylic acids is 2. The van der Waals surface area contributed by atoms with Crippen LogP contribution < -0.4 is 0 Å². The highest BCUT2D eigenvalue weighted by Gasteiger charge is 2.50. The molecule has 1 aliphatic heterocycles. The van der Waals surface area contributed by atoms with Crippen molar-refractivity contribution in [1.29, 1.82) is 0 Å². The van der Waals surface area contributed by atoms with Gasteiger partial charge >= 0.3 is 0 Å². The zero-order valence-corrected chi connectivity index (χ0v) is 16.3. The van der Waals surface area contributed by atoms with Crippen LogP contribution in [0.25, 0.3) is 11.1 Å². The van der Waals surface area contributed by atoms with Gasteiger partial charge in [-0.25, -0.2) is 4.39 Å². The van der Waals surface area contributed by atoms with E-state index in [0.717, 1.165) is 11.1 Å². The van der Waals surface area contributed by atoms with Crippen molar-refractivity contribution in [1.82, 2.24) is 9.80 Å². The Hall–Kier alpha value is -2.73. The molecule has 5 nitrogen and oxygen atoms in total. The molecule has 1 N–H and O–H groups in total. The van der Waals surface area contributed by atoms with Gasteiger partial charge in [-0.05, 0) is 17.2 Å². The lowest BCUT2D eigenvalue weighted by Crippen LogP contribution is -2.68. The number of rotatable bonds is 5. The Kier molecular flexibility index (Phi) is 5.79. The molecule has 1 heterocycles. The van der Waals surface area contributed by atoms with E-state index in [1.807, 2.05) is 24.3 Å². The number of halogens is 1. The molecule has 2 aromatic rings. The molecule has 2 aromatic carbocycles. The van der Waals surface area contributed by atoms with E-state index in [1.165, 1.54) is 19.9 Å². The van der Waals surface area contributed by atoms with Crippen LogP contribution >= 0.6 is 0 Å². The van der Waals surface area contributed by atoms with Crippen LogP contribution in [0.2, 0.25) is 0 Å². The predicted octanol–water partition coefficient (Wildman–Crippen LogP) is 2.65. The zero-order chi connectivity index (χ0) is 20.4. The first-order valence-corrected chi connectivity index (χ1v) is 9.31. The average Bonchev–Trinajstić information content (AvgIpc) is 2.65. The van der Waals surface area contributed by atoms with Crippen molar-refractivity contribution in [3.8, 4) is 11.1 Å². The summed E-state index contributed by atoms with van der Waals surface area (Å²) in [7, 11) is 1.70. The molecule has 28 heavy (non-hydrogen) atoms. The third kappa shape index (κ3) is 3.64. The fourth-order valence-electron chi connectivity index (χ4n) is 4.05. The second kappa shape index (κ2) is 8.10. The van der Waals surface area contributed by atoms with Gasteiger partial charge in [-0.3, -0.25) is 9.59 Å². The number of hydrogen-bond donors (Lipinski definition) is 1. The van der Waals surface area contributed by atoms with E-state index in [9.17, 15) is 19.1 Å². The van der Waals surface area contributed by atoms with Crippen molar-refractivity contribution in [3.05, 3.63) is 59.9 Å². The molecule has 1 fully saturated rings. The van der Waals surface area contributed by atoms with Gasteiger partial charge in [-0.15, -0.1) is 0 Å². The fraction of sp³-hybridized carbons (Fsp3) is 0.364. The van der Waals surface area contributed by atoms with E-state index in [1.54, 1.807) is 35.0 Å². The fourth-order valence-corrected chi connectivity index (χ4v) is 4.05. The molecule has 0 radical (unpaired) electrons. The molecular formula is C22H25FN2O3. The summed E-state index contributed by atoms with van der Waals surface area (Å²) in [6, 6.07) is 13.6. The van der Waals surface area contributed by atoms with Gasteiger partial charge in [-0.2, -0.15) is 0 Å². The molecule has 1 aliphatic rings. The minimum absolute atomic E-state index is 0.0791. The number of aliphatic hydroxyl groups excluding tert-OH is 1. The summed E-state index contributed by atoms with van der Waals surface area (Å²) in [6.07, 6.45) is 0. The summed E-state index contributed by atoms with van der Waals surface area (Å²) >= 11 is 0. The highest BCUT2D eigenvalue weighted by atomic mass is 19.1. The molecule has 0 spiro atoms. The number of nitrogens with zero attached hydrogens (tertiary/aromatic N) is 2. The van der Waals surface area contributed by atoms with Gasteiger partial charge in [-0.1, -0.05) is 42.5 Å². The predicted molar refractivity (Wildman–Crippen MR) is 105 cm³/mol. The number of carbonyl (C=O) groups is 2. The van der Waals surface area contributed by atoms with Gasteiger partial charge in [0, 0.05) is 38.9 Å². The van der Waals surface area contributed by atoms with Crippen molar-refractivity contribution in [2.45, 2.75) is 31.8 Å². The number of benzene rings is 2. The van der Waals surface area contributed by atoms with Gasteiger partial charge in [0.05, 0.1) is 18.7 Å². The van der Waals surface area contributed by atoms with E-state index in [0.29, 0.717) is 12.1 Å². The van der Waals surface area contributed by atoms with Crippen LogP contribution in [0.15, 0.2) is 48.5 Å². The van der Waals surface area contributed by atoms with Crippen LogP contribution in [0.3, 0.4) is 0 Å². The molecule has 148 valence electrons. The van der Waals surface area contributed by atoms with Crippen LogP contribution in [0.5, 0.6) is 0 Å². The van der Waals surface area contributed by atoms with Crippen molar-refractivity contribution in [2.75, 3.05) is 20.2 Å². The smallest absolute Gasteiger partial charge is 0.220 e. The van der Waals surface area contributed by atoms with Crippen molar-refractivity contribution in [3.63, 3.8) is 0 Å². The first-order chi connectivity index (χ1) is 13.3. The monoisotopic (exact) mass is 384 g/mol. The number of amides is 2. The van der Waals surface area contributed by atoms with Crippen molar-refractivity contribution < 1.29 is 19.1 Å². The average molecular weight is 384 g/mol. The Morgan fingerprint density at radius 2 is 1.71 bits per heavy atom. The normalized spacial score (nSPS) is 21.2. The Bertz CT molecular complexity index is 868. The summed E-state index contributed by atoms with van der Waals surface area (Å²) in [5.41, 5.74) is 2.25. The molecule has 2 amide bonds. The molecule has 0 aromatic heterocycles. The second-order valence-electron chi connectivity index (χ2n) is 7.27. The van der Waals surface area contributed by atoms with E-state index in [-0.39, 0.29) is 42.2 Å². The summed E-state index contributed by atoms with van der Waals surface area (Å²) in [6.45, 7) is 3.20. The van der Waals surface area contributed by atoms with Crippen LogP contribution in [0.4, 0.5) is 4.39 Å². The van der Waals surface area contributed by atoms with Gasteiger partial charge in [0.25, 0.3) is 0 Å². The molecule has 0 aliphatic carbocycles. The topological polar surface area (TPSA) is 60.9 Å². The third-order valence-electron chi connectivity index (χ3n) is 5.57. The quantitative estimate of drug-likeness (QED) is 0.862. The van der Waals surface area contributed by atoms with Crippen molar-refractivity contribution >= 4 is 11.8 Å². The molecule has 6 heteroatoms. The van der Waals surface area contributed by atoms with Gasteiger partial charge < -0.3 is 14.9 Å². The number of likely N-dealkylation sites (tertiary alicyclic amines) is 1. The highest BCUT2D eigenvalue weighted by Crippen LogP contribution is 2.41. The minimum atomic E-state index is -0.331. The summed E-state index contributed by atoms with van der Waals surface area (Å²) < 4.78 is 14.0. The number of hydrogen-bond acceptors (Lipinski definition) is 3. The second-order valence-corrected chi connectivity index (χ2v) is 7.27. The van der Waals surface area contributed by atoms with Crippen LogP contribution in [-0.2, 0) is 9.59 Å². The first kappa shape index (κ1) is 20.0. The van der Waals surface area contributed by atoms with Crippen LogP contribution in [0, 0.1) is 5.82 Å². The molecule has 0 bridgehead atoms. The molecule has 1 saturated heterocycles. The maximum Gasteiger partial charge on any atom is 0.220 e. The van der Waals surface area contributed by atoms with Gasteiger partial charge in [0.2, 0.25) is 11.8 Å². The largest absolute Gasteiger partial charge is 0.394 e. The first-order valence-electron chi connectivity index (χ1n) is 9.31. The molecule has 3 atom stereocenters. The molecule has 0 unspecified atom stereocenters. The Morgan fingerprint density at radius 1 is 1.07 bits per heavy atom. The SMILES string of the molecule is CC(=O)N(C)C[C@H]1[C@@H](c2ccc(-c3ccccc3F)cc2)[C@@H](CO)N1C(C)=O. The van der Waals surface area contributed by atoms with Gasteiger partial charge in [0.1, 0.15) is 5.82 Å². The molecular weight excluding hydrogens is 359 g/mol. The van der Waals surface area contributed by atoms with Crippen molar-refractivity contribution in [2.24, 2.45) is 0 Å². The number of aliphatic hydroxyl groups is 1. The summed E-state index contributed by atoms with van der Waals surface area (Å²) in [4.78, 5) is 27.0. The van der Waals surface area contributed by atoms with Gasteiger partial charge in [0.15, 0.2) is 0 Å². The van der Waals surface area contributed by atoms with E-state index < -0.39 is 0 Å². The Labute approximate surface area is 164 Å². The lowest BCUT2D eigenvalue weighted by molar-refractivity contribution is -0.151. The summed E-state index contributed by atoms with van der Waals surface area (Å²) in [5.74, 6) is -0.578. The maximum absolute atomic E-state index is 14.0. The Morgan fingerprint density at radius 3 is 2.25 bits per heavy atom. The summed E-state index contributed by atoms with van der Waals surface area (Å²) in [5, 5.41) is 9.84. The van der Waals surface area contributed by atoms with E-state index >= 15 is 0 Å². The minimum Gasteiger partial charge on any atom is -0.394 e. The third-order valence-corrected chi connectivity index (χ3v) is 5.57. The Balaban J connectivity index is 1.89. The standard InChI is InChI=1S/C22H25FN2O3/c1-14(27)24(3)12-20-22(21(13-26)25(20)15(2)28)17-10-8-16(9-11-17)18-6-4-5-7-19(18)23/h4-11,20-22,26H,12-13H2,1-3H3/t20-,21+,22+/m0/s1. The van der Waals surface area contributed by atoms with Crippen LogP contribution in [-0.4, -0.2) is 59.0 Å². The zero-order valence-electron chi connectivity index (χ0n) is 16.3. The van der Waals surface area contributed by atoms with E-state index in [4.69, 9.17) is 0 Å². The van der Waals surface area contributed by atoms with Crippen LogP contribution in [0.1, 0.15) is 25.3 Å². The highest BCUT2D eigenvalue weighted by molar-refractivity contribution is 5.77. The van der Waals surface area contributed by atoms with E-state index in [2.05, 4.69) is 0 Å². The lowest BCUT2D eigenvalue weighted by atomic mass is 9.74. The molecule has 3 rings (SSSR count). The number of likely N-dealkylation sites (N-methyl/N-ethyl adjacent to an activating group) is 1.